The molecular formula is C12H17NO. The van der Waals surface area contributed by atoms with Gasteiger partial charge >= 0.3 is 0 Å². The van der Waals surface area contributed by atoms with Gasteiger partial charge in [0, 0.05) is 6.04 Å². The molecule has 0 saturated heterocycles. The van der Waals surface area contributed by atoms with Gasteiger partial charge in [-0.1, -0.05) is 17.7 Å². The van der Waals surface area contributed by atoms with Gasteiger partial charge in [0.25, 0.3) is 0 Å². The molecule has 0 aliphatic carbocycles. The predicted molar refractivity (Wildman–Crippen MR) is 59.4 cm³/mol. The Labute approximate surface area is 85.4 Å². The molecule has 1 rings (SSSR count). The third-order valence-electron chi connectivity index (χ3n) is 2.09. The third kappa shape index (κ3) is 2.89. The molecule has 0 aliphatic heterocycles. The van der Waals surface area contributed by atoms with E-state index in [2.05, 4.69) is 6.58 Å². The molecule has 1 aromatic carbocycles. The van der Waals surface area contributed by atoms with Crippen LogP contribution in [0.4, 0.5) is 0 Å². The molecule has 2 heteroatoms. The summed E-state index contributed by atoms with van der Waals surface area (Å²) < 4.78 is 5.13. The van der Waals surface area contributed by atoms with Crippen LogP contribution < -0.4 is 10.5 Å². The zero-order chi connectivity index (χ0) is 10.6. The van der Waals surface area contributed by atoms with Crippen LogP contribution >= 0.6 is 0 Å². The van der Waals surface area contributed by atoms with E-state index >= 15 is 0 Å². The first-order valence-electron chi connectivity index (χ1n) is 4.67. The van der Waals surface area contributed by atoms with Crippen molar-refractivity contribution in [3.63, 3.8) is 0 Å². The van der Waals surface area contributed by atoms with Crippen LogP contribution in [0, 0.1) is 0 Å². The Morgan fingerprint density at radius 1 is 1.57 bits per heavy atom. The zero-order valence-corrected chi connectivity index (χ0v) is 8.79. The summed E-state index contributed by atoms with van der Waals surface area (Å²) in [4.78, 5) is 0. The first-order chi connectivity index (χ1) is 6.63. The van der Waals surface area contributed by atoms with E-state index in [4.69, 9.17) is 10.5 Å². The second-order valence-electron chi connectivity index (χ2n) is 3.54. The van der Waals surface area contributed by atoms with Crippen molar-refractivity contribution in [2.75, 3.05) is 7.11 Å². The van der Waals surface area contributed by atoms with Crippen LogP contribution in [0.5, 0.6) is 5.75 Å². The SMILES string of the molecule is C=C(C)C[C@@H](N)c1cccc(OC)c1. The Balaban J connectivity index is 2.78. The van der Waals surface area contributed by atoms with Crippen molar-refractivity contribution in [2.24, 2.45) is 5.73 Å². The quantitative estimate of drug-likeness (QED) is 0.742. The molecule has 14 heavy (non-hydrogen) atoms. The average molecular weight is 191 g/mol. The van der Waals surface area contributed by atoms with E-state index in [1.165, 1.54) is 0 Å². The summed E-state index contributed by atoms with van der Waals surface area (Å²) in [6.07, 6.45) is 0.813. The lowest BCUT2D eigenvalue weighted by Gasteiger charge is -2.12. The maximum absolute atomic E-state index is 6.00. The van der Waals surface area contributed by atoms with Crippen molar-refractivity contribution in [1.29, 1.82) is 0 Å². The van der Waals surface area contributed by atoms with Gasteiger partial charge in [-0.15, -0.1) is 6.58 Å². The van der Waals surface area contributed by atoms with Crippen LogP contribution in [0.2, 0.25) is 0 Å². The molecule has 76 valence electrons. The van der Waals surface area contributed by atoms with Crippen molar-refractivity contribution in [1.82, 2.24) is 0 Å². The van der Waals surface area contributed by atoms with Gasteiger partial charge in [0.1, 0.15) is 5.75 Å². The maximum Gasteiger partial charge on any atom is 0.119 e. The highest BCUT2D eigenvalue weighted by Crippen LogP contribution is 2.21. The smallest absolute Gasteiger partial charge is 0.119 e. The van der Waals surface area contributed by atoms with E-state index in [-0.39, 0.29) is 6.04 Å². The molecule has 0 aliphatic rings. The predicted octanol–water partition coefficient (Wildman–Crippen LogP) is 2.66. The molecule has 2 N–H and O–H groups in total. The molecule has 1 atom stereocenters. The summed E-state index contributed by atoms with van der Waals surface area (Å²) in [6, 6.07) is 7.86. The van der Waals surface area contributed by atoms with Gasteiger partial charge in [0.2, 0.25) is 0 Å². The molecule has 2 nitrogen and oxygen atoms in total. The summed E-state index contributed by atoms with van der Waals surface area (Å²) in [7, 11) is 1.66. The Morgan fingerprint density at radius 2 is 2.29 bits per heavy atom. The van der Waals surface area contributed by atoms with E-state index in [0.29, 0.717) is 0 Å². The molecule has 0 saturated carbocycles. The van der Waals surface area contributed by atoms with Gasteiger partial charge in [-0.3, -0.25) is 0 Å². The highest BCUT2D eigenvalue weighted by atomic mass is 16.5. The summed E-state index contributed by atoms with van der Waals surface area (Å²) in [5, 5.41) is 0. The second kappa shape index (κ2) is 4.82. The first-order valence-corrected chi connectivity index (χ1v) is 4.67. The molecule has 0 unspecified atom stereocenters. The van der Waals surface area contributed by atoms with Crippen LogP contribution in [0.3, 0.4) is 0 Å². The Morgan fingerprint density at radius 3 is 2.86 bits per heavy atom. The van der Waals surface area contributed by atoms with Gasteiger partial charge in [-0.05, 0) is 31.0 Å². The first kappa shape index (κ1) is 10.8. The zero-order valence-electron chi connectivity index (χ0n) is 8.79. The number of hydrogen-bond donors (Lipinski definition) is 1. The molecule has 0 fully saturated rings. The van der Waals surface area contributed by atoms with Crippen molar-refractivity contribution < 1.29 is 4.74 Å². The number of hydrogen-bond acceptors (Lipinski definition) is 2. The molecule has 0 bridgehead atoms. The topological polar surface area (TPSA) is 35.2 Å². The molecule has 0 amide bonds. The van der Waals surface area contributed by atoms with E-state index in [1.807, 2.05) is 31.2 Å². The highest BCUT2D eigenvalue weighted by Gasteiger charge is 2.06. The fourth-order valence-corrected chi connectivity index (χ4v) is 1.37. The molecule has 0 radical (unpaired) electrons. The molecule has 0 aromatic heterocycles. The number of methoxy groups -OCH3 is 1. The third-order valence-corrected chi connectivity index (χ3v) is 2.09. The van der Waals surface area contributed by atoms with Crippen LogP contribution in [-0.2, 0) is 0 Å². The van der Waals surface area contributed by atoms with Gasteiger partial charge < -0.3 is 10.5 Å². The van der Waals surface area contributed by atoms with Crippen LogP contribution in [0.1, 0.15) is 24.9 Å². The van der Waals surface area contributed by atoms with E-state index < -0.39 is 0 Å². The lowest BCUT2D eigenvalue weighted by molar-refractivity contribution is 0.414. The van der Waals surface area contributed by atoms with E-state index in [0.717, 1.165) is 23.3 Å². The van der Waals surface area contributed by atoms with Gasteiger partial charge in [0.15, 0.2) is 0 Å². The number of ether oxygens (including phenoxy) is 1. The standard InChI is InChI=1S/C12H17NO/c1-9(2)7-12(13)10-5-4-6-11(8-10)14-3/h4-6,8,12H,1,7,13H2,2-3H3/t12-/m1/s1. The summed E-state index contributed by atoms with van der Waals surface area (Å²) in [5.74, 6) is 0.847. The minimum absolute atomic E-state index is 0.0163. The minimum atomic E-state index is 0.0163. The van der Waals surface area contributed by atoms with Crippen molar-refractivity contribution in [3.05, 3.63) is 42.0 Å². The monoisotopic (exact) mass is 191 g/mol. The Hall–Kier alpha value is -1.28. The fraction of sp³-hybridized carbons (Fsp3) is 0.333. The summed E-state index contributed by atoms with van der Waals surface area (Å²) in [6.45, 7) is 5.84. The van der Waals surface area contributed by atoms with Crippen molar-refractivity contribution in [2.45, 2.75) is 19.4 Å². The van der Waals surface area contributed by atoms with Crippen molar-refractivity contribution >= 4 is 0 Å². The number of benzene rings is 1. The number of rotatable bonds is 4. The van der Waals surface area contributed by atoms with E-state index in [1.54, 1.807) is 7.11 Å². The van der Waals surface area contributed by atoms with E-state index in [9.17, 15) is 0 Å². The summed E-state index contributed by atoms with van der Waals surface area (Å²) in [5.41, 5.74) is 8.19. The van der Waals surface area contributed by atoms with Gasteiger partial charge in [-0.25, -0.2) is 0 Å². The second-order valence-corrected chi connectivity index (χ2v) is 3.54. The highest BCUT2D eigenvalue weighted by molar-refractivity contribution is 5.30. The normalized spacial score (nSPS) is 12.2. The van der Waals surface area contributed by atoms with Gasteiger partial charge in [0.05, 0.1) is 7.11 Å². The average Bonchev–Trinajstić information content (AvgIpc) is 2.17. The largest absolute Gasteiger partial charge is 0.497 e. The molecular weight excluding hydrogens is 174 g/mol. The molecule has 1 aromatic rings. The maximum atomic E-state index is 6.00. The van der Waals surface area contributed by atoms with Crippen LogP contribution in [0.15, 0.2) is 36.4 Å². The Kier molecular flexibility index (Phi) is 3.72. The number of nitrogens with two attached hydrogens (primary N) is 1. The fourth-order valence-electron chi connectivity index (χ4n) is 1.37. The van der Waals surface area contributed by atoms with Gasteiger partial charge in [-0.2, -0.15) is 0 Å². The lowest BCUT2D eigenvalue weighted by atomic mass is 10.0. The van der Waals surface area contributed by atoms with Crippen LogP contribution in [-0.4, -0.2) is 7.11 Å². The molecule has 0 spiro atoms. The minimum Gasteiger partial charge on any atom is -0.497 e. The lowest BCUT2D eigenvalue weighted by Crippen LogP contribution is -2.10. The summed E-state index contributed by atoms with van der Waals surface area (Å²) >= 11 is 0. The Bertz CT molecular complexity index is 320. The van der Waals surface area contributed by atoms with Crippen molar-refractivity contribution in [3.8, 4) is 5.75 Å². The van der Waals surface area contributed by atoms with Crippen LogP contribution in [0.25, 0.3) is 0 Å². The molecule has 0 heterocycles.